The van der Waals surface area contributed by atoms with Crippen LogP contribution in [0.25, 0.3) is 6.08 Å². The van der Waals surface area contributed by atoms with Crippen LogP contribution >= 0.6 is 0 Å². The van der Waals surface area contributed by atoms with Crippen molar-refractivity contribution in [2.75, 3.05) is 0 Å². The van der Waals surface area contributed by atoms with E-state index in [2.05, 4.69) is 47.6 Å². The molecule has 0 fully saturated rings. The lowest BCUT2D eigenvalue weighted by atomic mass is 9.79. The first-order valence-corrected chi connectivity index (χ1v) is 7.03. The number of primary amides is 1. The molecule has 0 spiro atoms. The summed E-state index contributed by atoms with van der Waals surface area (Å²) in [6, 6.07) is 8.06. The molecule has 1 aromatic rings. The number of nitriles is 1. The van der Waals surface area contributed by atoms with Crippen LogP contribution in [0.2, 0.25) is 0 Å². The molecule has 1 rings (SSSR count). The van der Waals surface area contributed by atoms with Gasteiger partial charge in [-0.1, -0.05) is 59.7 Å². The second-order valence-corrected chi connectivity index (χ2v) is 7.38. The standard InChI is InChI=1S/C18H24N2O/c1-17(2,3)14-8-12(7-13(11-19)16(20)21)9-15(10-14)18(4,5)6/h7-10H,1-6H3,(H2,20,21)/b13-7+. The molecule has 1 aromatic carbocycles. The van der Waals surface area contributed by atoms with Gasteiger partial charge >= 0.3 is 0 Å². The summed E-state index contributed by atoms with van der Waals surface area (Å²) < 4.78 is 0. The van der Waals surface area contributed by atoms with Crippen LogP contribution in [0, 0.1) is 11.3 Å². The molecule has 1 amide bonds. The summed E-state index contributed by atoms with van der Waals surface area (Å²) in [4.78, 5) is 11.2. The van der Waals surface area contributed by atoms with Gasteiger partial charge in [-0.3, -0.25) is 4.79 Å². The molecule has 0 aliphatic heterocycles. The van der Waals surface area contributed by atoms with Crippen LogP contribution < -0.4 is 5.73 Å². The molecule has 0 heterocycles. The Morgan fingerprint density at radius 1 is 1.05 bits per heavy atom. The SMILES string of the molecule is CC(C)(C)c1cc(/C=C(\C#N)C(N)=O)cc(C(C)(C)C)c1. The van der Waals surface area contributed by atoms with E-state index in [1.807, 2.05) is 18.2 Å². The van der Waals surface area contributed by atoms with Gasteiger partial charge < -0.3 is 5.73 Å². The minimum absolute atomic E-state index is 0.0105. The fourth-order valence-corrected chi connectivity index (χ4v) is 1.93. The molecule has 2 N–H and O–H groups in total. The van der Waals surface area contributed by atoms with Gasteiger partial charge in [0.2, 0.25) is 0 Å². The molecule has 112 valence electrons. The molecular weight excluding hydrogens is 260 g/mol. The van der Waals surface area contributed by atoms with E-state index in [1.54, 1.807) is 6.08 Å². The maximum atomic E-state index is 11.2. The zero-order valence-corrected chi connectivity index (χ0v) is 13.7. The van der Waals surface area contributed by atoms with E-state index in [9.17, 15) is 4.79 Å². The van der Waals surface area contributed by atoms with E-state index >= 15 is 0 Å². The van der Waals surface area contributed by atoms with Gasteiger partial charge in [-0.05, 0) is 33.6 Å². The predicted molar refractivity (Wildman–Crippen MR) is 86.6 cm³/mol. The lowest BCUT2D eigenvalue weighted by Gasteiger charge is -2.25. The van der Waals surface area contributed by atoms with Crippen molar-refractivity contribution in [3.63, 3.8) is 0 Å². The first kappa shape index (κ1) is 17.0. The van der Waals surface area contributed by atoms with Gasteiger partial charge in [0.05, 0.1) is 0 Å². The Bertz CT molecular complexity index is 588. The fourth-order valence-electron chi connectivity index (χ4n) is 1.93. The number of nitrogens with two attached hydrogens (primary N) is 1. The average molecular weight is 284 g/mol. The first-order chi connectivity index (χ1) is 9.45. The van der Waals surface area contributed by atoms with Crippen LogP contribution in [0.5, 0.6) is 0 Å². The third kappa shape index (κ3) is 4.46. The fraction of sp³-hybridized carbons (Fsp3) is 0.444. The molecule has 0 saturated carbocycles. The van der Waals surface area contributed by atoms with E-state index in [0.717, 1.165) is 5.56 Å². The second-order valence-electron chi connectivity index (χ2n) is 7.38. The van der Waals surface area contributed by atoms with Crippen molar-refractivity contribution in [2.45, 2.75) is 52.4 Å². The van der Waals surface area contributed by atoms with Crippen LogP contribution in [-0.4, -0.2) is 5.91 Å². The summed E-state index contributed by atoms with van der Waals surface area (Å²) in [6.07, 6.45) is 1.56. The average Bonchev–Trinajstić information content (AvgIpc) is 2.33. The molecule has 0 bridgehead atoms. The second kappa shape index (κ2) is 5.73. The predicted octanol–water partition coefficient (Wildman–Crippen LogP) is 3.67. The number of carbonyl (C=O) groups is 1. The molecule has 3 nitrogen and oxygen atoms in total. The van der Waals surface area contributed by atoms with Gasteiger partial charge in [-0.2, -0.15) is 5.26 Å². The van der Waals surface area contributed by atoms with Crippen molar-refractivity contribution < 1.29 is 4.79 Å². The molecule has 0 atom stereocenters. The third-order valence-electron chi connectivity index (χ3n) is 3.38. The van der Waals surface area contributed by atoms with E-state index in [-0.39, 0.29) is 16.4 Å². The third-order valence-corrected chi connectivity index (χ3v) is 3.38. The molecule has 0 aliphatic rings. The molecule has 0 saturated heterocycles. The van der Waals surface area contributed by atoms with Gasteiger partial charge in [-0.15, -0.1) is 0 Å². The first-order valence-electron chi connectivity index (χ1n) is 7.03. The quantitative estimate of drug-likeness (QED) is 0.665. The van der Waals surface area contributed by atoms with E-state index in [4.69, 9.17) is 11.0 Å². The molecule has 0 unspecified atom stereocenters. The van der Waals surface area contributed by atoms with E-state index < -0.39 is 5.91 Å². The van der Waals surface area contributed by atoms with Crippen molar-refractivity contribution in [1.29, 1.82) is 5.26 Å². The van der Waals surface area contributed by atoms with Crippen molar-refractivity contribution in [3.8, 4) is 6.07 Å². The van der Waals surface area contributed by atoms with Crippen molar-refractivity contribution in [3.05, 3.63) is 40.5 Å². The Balaban J connectivity index is 3.54. The maximum absolute atomic E-state index is 11.2. The van der Waals surface area contributed by atoms with Crippen LogP contribution in [0.3, 0.4) is 0 Å². The smallest absolute Gasteiger partial charge is 0.259 e. The number of nitrogens with zero attached hydrogens (tertiary/aromatic N) is 1. The Kier molecular flexibility index (Phi) is 4.63. The van der Waals surface area contributed by atoms with Crippen LogP contribution in [0.15, 0.2) is 23.8 Å². The Morgan fingerprint density at radius 2 is 1.48 bits per heavy atom. The zero-order valence-electron chi connectivity index (χ0n) is 13.7. The number of rotatable bonds is 2. The molecule has 0 aliphatic carbocycles. The largest absolute Gasteiger partial charge is 0.365 e. The lowest BCUT2D eigenvalue weighted by molar-refractivity contribution is -0.114. The van der Waals surface area contributed by atoms with Gasteiger partial charge in [-0.25, -0.2) is 0 Å². The Hall–Kier alpha value is -2.08. The van der Waals surface area contributed by atoms with Gasteiger partial charge in [0.1, 0.15) is 11.6 Å². The summed E-state index contributed by atoms with van der Waals surface area (Å²) >= 11 is 0. The van der Waals surface area contributed by atoms with Gasteiger partial charge in [0.15, 0.2) is 0 Å². The maximum Gasteiger partial charge on any atom is 0.259 e. The monoisotopic (exact) mass is 284 g/mol. The van der Waals surface area contributed by atoms with Crippen LogP contribution in [-0.2, 0) is 15.6 Å². The Morgan fingerprint density at radius 3 is 1.76 bits per heavy atom. The summed E-state index contributed by atoms with van der Waals surface area (Å²) in [5.74, 6) is -0.698. The van der Waals surface area contributed by atoms with Crippen LogP contribution in [0.1, 0.15) is 58.2 Å². The lowest BCUT2D eigenvalue weighted by Crippen LogP contribution is -2.17. The molecule has 3 heteroatoms. The zero-order chi connectivity index (χ0) is 16.4. The highest BCUT2D eigenvalue weighted by Gasteiger charge is 2.20. The van der Waals surface area contributed by atoms with E-state index in [1.165, 1.54) is 11.1 Å². The molecular formula is C18H24N2O. The van der Waals surface area contributed by atoms with Gasteiger partial charge in [0, 0.05) is 0 Å². The number of hydrogen-bond acceptors (Lipinski definition) is 2. The normalized spacial score (nSPS) is 12.9. The Labute approximate surface area is 127 Å². The minimum atomic E-state index is -0.698. The number of amides is 1. The van der Waals surface area contributed by atoms with E-state index in [0.29, 0.717) is 0 Å². The summed E-state index contributed by atoms with van der Waals surface area (Å²) in [7, 11) is 0. The highest BCUT2D eigenvalue weighted by Crippen LogP contribution is 2.30. The van der Waals surface area contributed by atoms with Crippen molar-refractivity contribution in [1.82, 2.24) is 0 Å². The highest BCUT2D eigenvalue weighted by molar-refractivity contribution is 6.00. The molecule has 21 heavy (non-hydrogen) atoms. The summed E-state index contributed by atoms with van der Waals surface area (Å²) in [5.41, 5.74) is 8.34. The minimum Gasteiger partial charge on any atom is -0.365 e. The van der Waals surface area contributed by atoms with Crippen molar-refractivity contribution in [2.24, 2.45) is 5.73 Å². The number of benzene rings is 1. The van der Waals surface area contributed by atoms with Crippen LogP contribution in [0.4, 0.5) is 0 Å². The number of hydrogen-bond donors (Lipinski definition) is 1. The van der Waals surface area contributed by atoms with Gasteiger partial charge in [0.25, 0.3) is 5.91 Å². The summed E-state index contributed by atoms with van der Waals surface area (Å²) in [5, 5.41) is 9.00. The molecule has 0 radical (unpaired) electrons. The number of carbonyl (C=O) groups excluding carboxylic acids is 1. The molecule has 0 aromatic heterocycles. The topological polar surface area (TPSA) is 66.9 Å². The summed E-state index contributed by atoms with van der Waals surface area (Å²) in [6.45, 7) is 12.8. The van der Waals surface area contributed by atoms with Crippen molar-refractivity contribution >= 4 is 12.0 Å². The highest BCUT2D eigenvalue weighted by atomic mass is 16.1.